The lowest BCUT2D eigenvalue weighted by Gasteiger charge is -2.20. The number of anilines is 1. The molecule has 6 heterocycles. The number of benzene rings is 1. The number of halogens is 1. The van der Waals surface area contributed by atoms with E-state index < -0.39 is 0 Å². The molecule has 1 aliphatic carbocycles. The van der Waals surface area contributed by atoms with E-state index in [0.29, 0.717) is 57.4 Å². The van der Waals surface area contributed by atoms with Crippen molar-refractivity contribution in [1.82, 2.24) is 40.0 Å². The van der Waals surface area contributed by atoms with Gasteiger partial charge in [0, 0.05) is 47.4 Å². The van der Waals surface area contributed by atoms with Crippen molar-refractivity contribution < 1.29 is 13.9 Å². The molecule has 11 nitrogen and oxygen atoms in total. The Morgan fingerprint density at radius 2 is 1.77 bits per heavy atom. The molecule has 0 spiro atoms. The van der Waals surface area contributed by atoms with Gasteiger partial charge in [0.25, 0.3) is 0 Å². The summed E-state index contributed by atoms with van der Waals surface area (Å²) in [6.07, 6.45) is 16.2. The number of rotatable bonds is 9. The molecule has 1 aliphatic heterocycles. The Balaban J connectivity index is 1.07. The topological polar surface area (TPSA) is 138 Å². The quantitative estimate of drug-likeness (QED) is 0.157. The van der Waals surface area contributed by atoms with Crippen molar-refractivity contribution in [3.8, 4) is 39.7 Å². The molecule has 2 fully saturated rings. The number of aromatic amines is 2. The zero-order chi connectivity index (χ0) is 32.5. The second-order valence-corrected chi connectivity index (χ2v) is 12.7. The molecule has 1 amide bonds. The van der Waals surface area contributed by atoms with E-state index in [9.17, 15) is 9.18 Å². The molecule has 2 aliphatic rings. The maximum Gasteiger partial charge on any atom is 0.227 e. The summed E-state index contributed by atoms with van der Waals surface area (Å²) < 4.78 is 20.8. The van der Waals surface area contributed by atoms with Crippen LogP contribution in [0.2, 0.25) is 0 Å². The molecule has 1 saturated carbocycles. The number of imidazole rings is 1. The number of hydrogen-bond donors (Lipinski definition) is 3. The monoisotopic (exact) mass is 645 g/mol. The molecule has 0 bridgehead atoms. The fourth-order valence-electron chi connectivity index (χ4n) is 6.87. The lowest BCUT2D eigenvalue weighted by atomic mass is 9.88. The summed E-state index contributed by atoms with van der Waals surface area (Å²) in [5.74, 6) is 0.718. The van der Waals surface area contributed by atoms with Gasteiger partial charge < -0.3 is 15.0 Å². The van der Waals surface area contributed by atoms with Gasteiger partial charge in [-0.3, -0.25) is 29.7 Å². The van der Waals surface area contributed by atoms with Crippen LogP contribution >= 0.6 is 0 Å². The average Bonchev–Trinajstić information content (AvgIpc) is 3.88. The number of carbonyl (C=O) groups excluding carboxylic acids is 1. The van der Waals surface area contributed by atoms with E-state index in [-0.39, 0.29) is 17.6 Å². The van der Waals surface area contributed by atoms with E-state index >= 15 is 0 Å². The van der Waals surface area contributed by atoms with Gasteiger partial charge in [-0.15, -0.1) is 0 Å². The van der Waals surface area contributed by atoms with Gasteiger partial charge in [-0.2, -0.15) is 5.10 Å². The number of amides is 1. The van der Waals surface area contributed by atoms with E-state index in [1.54, 1.807) is 31.0 Å². The number of carbonyl (C=O) groups is 1. The highest BCUT2D eigenvalue weighted by Crippen LogP contribution is 2.34. The third kappa shape index (κ3) is 6.23. The zero-order valence-electron chi connectivity index (χ0n) is 26.5. The maximum atomic E-state index is 14.8. The molecule has 5 aromatic heterocycles. The highest BCUT2D eigenvalue weighted by Gasteiger charge is 2.22. The fraction of sp³-hybridized carbons (Fsp3) is 0.333. The van der Waals surface area contributed by atoms with Crippen LogP contribution in [0.4, 0.5) is 10.1 Å². The Morgan fingerprint density at radius 1 is 0.917 bits per heavy atom. The van der Waals surface area contributed by atoms with Crippen LogP contribution in [0.25, 0.3) is 55.8 Å². The van der Waals surface area contributed by atoms with Crippen LogP contribution in [0.5, 0.6) is 5.75 Å². The van der Waals surface area contributed by atoms with Gasteiger partial charge in [-0.1, -0.05) is 19.3 Å². The molecule has 3 N–H and O–H groups in total. The summed E-state index contributed by atoms with van der Waals surface area (Å²) in [5, 5.41) is 11.5. The largest absolute Gasteiger partial charge is 0.492 e. The predicted octanol–water partition coefficient (Wildman–Crippen LogP) is 6.76. The van der Waals surface area contributed by atoms with Crippen LogP contribution in [0.15, 0.2) is 61.3 Å². The Morgan fingerprint density at radius 3 is 2.65 bits per heavy atom. The third-order valence-electron chi connectivity index (χ3n) is 9.40. The third-order valence-corrected chi connectivity index (χ3v) is 9.40. The predicted molar refractivity (Wildman–Crippen MR) is 182 cm³/mol. The van der Waals surface area contributed by atoms with Crippen molar-refractivity contribution in [2.45, 2.75) is 44.9 Å². The van der Waals surface area contributed by atoms with Gasteiger partial charge in [-0.25, -0.2) is 9.37 Å². The van der Waals surface area contributed by atoms with Crippen LogP contribution in [-0.4, -0.2) is 72.2 Å². The fourth-order valence-corrected chi connectivity index (χ4v) is 6.87. The molecule has 6 aromatic rings. The molecule has 48 heavy (non-hydrogen) atoms. The van der Waals surface area contributed by atoms with E-state index in [2.05, 4.69) is 40.3 Å². The molecule has 12 heteroatoms. The molecule has 1 aromatic carbocycles. The number of aromatic nitrogens is 7. The minimum Gasteiger partial charge on any atom is -0.492 e. The van der Waals surface area contributed by atoms with E-state index in [0.717, 1.165) is 61.8 Å². The van der Waals surface area contributed by atoms with Crippen LogP contribution in [-0.2, 0) is 4.79 Å². The summed E-state index contributed by atoms with van der Waals surface area (Å²) in [5.41, 5.74) is 6.09. The summed E-state index contributed by atoms with van der Waals surface area (Å²) in [7, 11) is 0. The molecular formula is C36H36FN9O2. The van der Waals surface area contributed by atoms with Crippen LogP contribution in [0.3, 0.4) is 0 Å². The lowest BCUT2D eigenvalue weighted by molar-refractivity contribution is -0.120. The summed E-state index contributed by atoms with van der Waals surface area (Å²) in [4.78, 5) is 36.9. The van der Waals surface area contributed by atoms with Crippen molar-refractivity contribution in [2.24, 2.45) is 5.92 Å². The van der Waals surface area contributed by atoms with Gasteiger partial charge in [-0.05, 0) is 68.6 Å². The van der Waals surface area contributed by atoms with Gasteiger partial charge in [0.15, 0.2) is 5.82 Å². The van der Waals surface area contributed by atoms with E-state index in [1.165, 1.54) is 31.4 Å². The first-order chi connectivity index (χ1) is 23.6. The van der Waals surface area contributed by atoms with Crippen LogP contribution < -0.4 is 10.1 Å². The number of fused-ring (bicyclic) bond motifs is 2. The summed E-state index contributed by atoms with van der Waals surface area (Å²) in [6.45, 7) is 3.48. The van der Waals surface area contributed by atoms with Crippen LogP contribution in [0.1, 0.15) is 44.9 Å². The first-order valence-corrected chi connectivity index (χ1v) is 16.7. The van der Waals surface area contributed by atoms with Gasteiger partial charge in [0.05, 0.1) is 46.5 Å². The second kappa shape index (κ2) is 13.1. The molecule has 244 valence electrons. The number of ether oxygens (including phenoxy) is 1. The number of pyridine rings is 3. The van der Waals surface area contributed by atoms with Crippen molar-refractivity contribution in [3.63, 3.8) is 0 Å². The lowest BCUT2D eigenvalue weighted by Crippen LogP contribution is -2.25. The van der Waals surface area contributed by atoms with Crippen molar-refractivity contribution in [3.05, 3.63) is 67.1 Å². The summed E-state index contributed by atoms with van der Waals surface area (Å²) in [6, 6.07) is 8.54. The number of hydrogen-bond acceptors (Lipinski definition) is 8. The van der Waals surface area contributed by atoms with E-state index in [4.69, 9.17) is 9.72 Å². The minimum atomic E-state index is -0.387. The normalized spacial score (nSPS) is 15.8. The standard InChI is InChI=1S/C36H36FN9O2/c37-25-12-23(14-27(15-25)48-11-10-46-8-4-5-9-46)29-19-39-20-32-33(29)43-35(42-32)34-28-16-30(40-21-31(28)44-45-34)24-13-26(18-38-17-24)41-36(47)22-6-2-1-3-7-22/h12-22H,1-11H2,(H,41,47)(H,42,43)(H,44,45). The Kier molecular flexibility index (Phi) is 8.23. The summed E-state index contributed by atoms with van der Waals surface area (Å²) >= 11 is 0. The van der Waals surface area contributed by atoms with Gasteiger partial charge in [0.1, 0.15) is 23.9 Å². The minimum absolute atomic E-state index is 0.0471. The van der Waals surface area contributed by atoms with Crippen LogP contribution in [0, 0.1) is 11.7 Å². The molecule has 0 unspecified atom stereocenters. The second-order valence-electron chi connectivity index (χ2n) is 12.7. The molecule has 8 rings (SSSR count). The molecular weight excluding hydrogens is 609 g/mol. The first-order valence-electron chi connectivity index (χ1n) is 16.7. The van der Waals surface area contributed by atoms with E-state index in [1.807, 2.05) is 18.2 Å². The Labute approximate surface area is 276 Å². The SMILES string of the molecule is O=C(Nc1cncc(-c2cc3c(-c4nc5c(-c6cc(F)cc(OCCN7CCCC7)c6)cncc5[nH]4)n[nH]c3cn2)c1)C1CCCCC1. The van der Waals surface area contributed by atoms with Gasteiger partial charge >= 0.3 is 0 Å². The van der Waals surface area contributed by atoms with Crippen molar-refractivity contribution in [1.29, 1.82) is 0 Å². The number of H-pyrrole nitrogens is 2. The van der Waals surface area contributed by atoms with Gasteiger partial charge in [0.2, 0.25) is 5.91 Å². The smallest absolute Gasteiger partial charge is 0.227 e. The number of nitrogens with zero attached hydrogens (tertiary/aromatic N) is 6. The molecule has 1 saturated heterocycles. The van der Waals surface area contributed by atoms with Crippen molar-refractivity contribution >= 4 is 33.5 Å². The highest BCUT2D eigenvalue weighted by molar-refractivity contribution is 5.98. The highest BCUT2D eigenvalue weighted by atomic mass is 19.1. The molecule has 0 radical (unpaired) electrons. The van der Waals surface area contributed by atoms with Crippen molar-refractivity contribution in [2.75, 3.05) is 31.6 Å². The average molecular weight is 646 g/mol. The Hall–Kier alpha value is -5.23. The number of likely N-dealkylation sites (tertiary alicyclic amines) is 1. The number of nitrogens with one attached hydrogen (secondary N) is 3. The maximum absolute atomic E-state index is 14.8. The zero-order valence-corrected chi connectivity index (χ0v) is 26.5. The Bertz CT molecular complexity index is 2100. The first kappa shape index (κ1) is 30.1. The molecule has 0 atom stereocenters.